The summed E-state index contributed by atoms with van der Waals surface area (Å²) in [6.45, 7) is 2.25. The fourth-order valence-corrected chi connectivity index (χ4v) is 2.59. The number of fused-ring (bicyclic) bond motifs is 2. The number of carbonyl (C=O) groups is 1. The molecule has 0 bridgehead atoms. The van der Waals surface area contributed by atoms with Crippen LogP contribution in [0.3, 0.4) is 0 Å². The average Bonchev–Trinajstić information content (AvgIpc) is 3.08. The van der Waals surface area contributed by atoms with Crippen molar-refractivity contribution in [1.82, 2.24) is 4.98 Å². The standard InChI is InChI=1S/C16H16N2O3.CH2O2/c1-2-13-15(20-9-8-19-13)14(3-1)21-10-12-5-4-11-6-7-17-16(11)18-12;2-1-3/h1-5H,6-10H2,(H,17,18);1H,(H,2,3). The second-order valence-electron chi connectivity index (χ2n) is 5.16. The van der Waals surface area contributed by atoms with Crippen LogP contribution in [0, 0.1) is 0 Å². The predicted octanol–water partition coefficient (Wildman–Crippen LogP) is 2.10. The summed E-state index contributed by atoms with van der Waals surface area (Å²) in [5, 5.41) is 10.2. The molecule has 1 aromatic heterocycles. The highest BCUT2D eigenvalue weighted by Crippen LogP contribution is 2.39. The Hall–Kier alpha value is -2.96. The SMILES string of the molecule is O=CO.c1cc2c(c(OCc3ccc4c(n3)NCC4)c1)OCCO2. The Morgan fingerprint density at radius 2 is 2.08 bits per heavy atom. The molecule has 2 aromatic rings. The molecule has 0 saturated heterocycles. The van der Waals surface area contributed by atoms with Crippen LogP contribution in [0.4, 0.5) is 5.82 Å². The van der Waals surface area contributed by atoms with Crippen LogP contribution in [0.25, 0.3) is 0 Å². The summed E-state index contributed by atoms with van der Waals surface area (Å²) in [5.74, 6) is 3.10. The second kappa shape index (κ2) is 7.54. The number of anilines is 1. The summed E-state index contributed by atoms with van der Waals surface area (Å²) in [4.78, 5) is 12.9. The topological polar surface area (TPSA) is 89.9 Å². The molecule has 24 heavy (non-hydrogen) atoms. The Morgan fingerprint density at radius 1 is 1.25 bits per heavy atom. The summed E-state index contributed by atoms with van der Waals surface area (Å²) < 4.78 is 17.0. The second-order valence-corrected chi connectivity index (χ2v) is 5.16. The van der Waals surface area contributed by atoms with E-state index >= 15 is 0 Å². The van der Waals surface area contributed by atoms with E-state index in [1.165, 1.54) is 5.56 Å². The lowest BCUT2D eigenvalue weighted by Crippen LogP contribution is -2.16. The molecule has 2 aliphatic heterocycles. The molecule has 3 heterocycles. The summed E-state index contributed by atoms with van der Waals surface area (Å²) in [6.07, 6.45) is 1.04. The minimum absolute atomic E-state index is 0.250. The Bertz CT molecular complexity index is 720. The van der Waals surface area contributed by atoms with Crippen LogP contribution < -0.4 is 19.5 Å². The molecular weight excluding hydrogens is 312 g/mol. The van der Waals surface area contributed by atoms with Gasteiger partial charge in [0.15, 0.2) is 11.5 Å². The van der Waals surface area contributed by atoms with E-state index in [9.17, 15) is 0 Å². The van der Waals surface area contributed by atoms with Crippen molar-refractivity contribution in [3.05, 3.63) is 41.6 Å². The monoisotopic (exact) mass is 330 g/mol. The van der Waals surface area contributed by atoms with Crippen LogP contribution >= 0.6 is 0 Å². The van der Waals surface area contributed by atoms with Crippen LogP contribution in [-0.2, 0) is 17.8 Å². The van der Waals surface area contributed by atoms with Gasteiger partial charge in [-0.1, -0.05) is 12.1 Å². The van der Waals surface area contributed by atoms with Gasteiger partial charge in [0.25, 0.3) is 6.47 Å². The van der Waals surface area contributed by atoms with Crippen molar-refractivity contribution in [2.75, 3.05) is 25.1 Å². The highest BCUT2D eigenvalue weighted by Gasteiger charge is 2.17. The molecule has 4 rings (SSSR count). The summed E-state index contributed by atoms with van der Waals surface area (Å²) in [7, 11) is 0. The maximum atomic E-state index is 8.36. The lowest BCUT2D eigenvalue weighted by atomic mass is 10.2. The van der Waals surface area contributed by atoms with Crippen molar-refractivity contribution in [1.29, 1.82) is 0 Å². The molecule has 2 aliphatic rings. The third-order valence-electron chi connectivity index (χ3n) is 3.63. The van der Waals surface area contributed by atoms with Gasteiger partial charge in [-0.25, -0.2) is 4.98 Å². The van der Waals surface area contributed by atoms with E-state index < -0.39 is 0 Å². The number of nitrogens with zero attached hydrogens (tertiary/aromatic N) is 1. The molecule has 0 aliphatic carbocycles. The fourth-order valence-electron chi connectivity index (χ4n) is 2.59. The van der Waals surface area contributed by atoms with Gasteiger partial charge in [-0.05, 0) is 30.2 Å². The number of aromatic nitrogens is 1. The van der Waals surface area contributed by atoms with Gasteiger partial charge >= 0.3 is 0 Å². The number of para-hydroxylation sites is 1. The first-order chi connectivity index (χ1) is 11.8. The van der Waals surface area contributed by atoms with Gasteiger partial charge in [0.1, 0.15) is 25.6 Å². The minimum Gasteiger partial charge on any atom is -0.486 e. The zero-order chi connectivity index (χ0) is 16.8. The largest absolute Gasteiger partial charge is 0.486 e. The predicted molar refractivity (Wildman–Crippen MR) is 86.9 cm³/mol. The maximum absolute atomic E-state index is 8.36. The van der Waals surface area contributed by atoms with Gasteiger partial charge in [0.2, 0.25) is 5.75 Å². The number of rotatable bonds is 3. The molecule has 7 heteroatoms. The van der Waals surface area contributed by atoms with E-state index in [1.807, 2.05) is 24.3 Å². The van der Waals surface area contributed by atoms with E-state index in [1.54, 1.807) is 0 Å². The molecule has 0 radical (unpaired) electrons. The Kier molecular flexibility index (Phi) is 5.00. The van der Waals surface area contributed by atoms with Crippen LogP contribution in [0.1, 0.15) is 11.3 Å². The van der Waals surface area contributed by atoms with E-state index in [0.29, 0.717) is 31.3 Å². The Balaban J connectivity index is 0.000000526. The minimum atomic E-state index is -0.250. The van der Waals surface area contributed by atoms with Crippen LogP contribution in [-0.4, -0.2) is 36.3 Å². The molecule has 0 unspecified atom stereocenters. The number of nitrogens with one attached hydrogen (secondary N) is 1. The molecule has 126 valence electrons. The third kappa shape index (κ3) is 3.51. The van der Waals surface area contributed by atoms with Gasteiger partial charge < -0.3 is 24.6 Å². The van der Waals surface area contributed by atoms with Gasteiger partial charge in [-0.2, -0.15) is 0 Å². The molecule has 0 saturated carbocycles. The summed E-state index contributed by atoms with van der Waals surface area (Å²) in [5.41, 5.74) is 2.17. The lowest BCUT2D eigenvalue weighted by molar-refractivity contribution is -0.122. The smallest absolute Gasteiger partial charge is 0.290 e. The van der Waals surface area contributed by atoms with Gasteiger partial charge in [0, 0.05) is 6.54 Å². The van der Waals surface area contributed by atoms with Crippen molar-refractivity contribution in [3.63, 3.8) is 0 Å². The number of carboxylic acid groups (broad SMARTS) is 1. The van der Waals surface area contributed by atoms with Crippen molar-refractivity contribution >= 4 is 12.3 Å². The van der Waals surface area contributed by atoms with Crippen molar-refractivity contribution in [2.45, 2.75) is 13.0 Å². The number of benzene rings is 1. The van der Waals surface area contributed by atoms with Crippen molar-refractivity contribution in [2.24, 2.45) is 0 Å². The average molecular weight is 330 g/mol. The number of pyridine rings is 1. The first-order valence-corrected chi connectivity index (χ1v) is 7.63. The molecular formula is C17H18N2O5. The summed E-state index contributed by atoms with van der Waals surface area (Å²) in [6, 6.07) is 9.80. The molecule has 0 spiro atoms. The number of hydrogen-bond donors (Lipinski definition) is 2. The quantitative estimate of drug-likeness (QED) is 0.833. The van der Waals surface area contributed by atoms with E-state index in [2.05, 4.69) is 16.4 Å². The van der Waals surface area contributed by atoms with Crippen molar-refractivity contribution in [3.8, 4) is 17.2 Å². The normalized spacial score (nSPS) is 13.8. The van der Waals surface area contributed by atoms with Crippen molar-refractivity contribution < 1.29 is 24.1 Å². The van der Waals surface area contributed by atoms with E-state index in [-0.39, 0.29) is 6.47 Å². The third-order valence-corrected chi connectivity index (χ3v) is 3.63. The van der Waals surface area contributed by atoms with Crippen LogP contribution in [0.2, 0.25) is 0 Å². The highest BCUT2D eigenvalue weighted by molar-refractivity contribution is 5.52. The van der Waals surface area contributed by atoms with Gasteiger partial charge in [-0.3, -0.25) is 4.79 Å². The Morgan fingerprint density at radius 3 is 2.96 bits per heavy atom. The van der Waals surface area contributed by atoms with E-state index in [0.717, 1.165) is 30.2 Å². The molecule has 1 aromatic carbocycles. The molecule has 0 amide bonds. The molecule has 0 atom stereocenters. The van der Waals surface area contributed by atoms with Gasteiger partial charge in [-0.15, -0.1) is 0 Å². The zero-order valence-corrected chi connectivity index (χ0v) is 13.0. The zero-order valence-electron chi connectivity index (χ0n) is 13.0. The van der Waals surface area contributed by atoms with E-state index in [4.69, 9.17) is 24.1 Å². The van der Waals surface area contributed by atoms with Gasteiger partial charge in [0.05, 0.1) is 5.69 Å². The first kappa shape index (κ1) is 15.9. The van der Waals surface area contributed by atoms with Crippen LogP contribution in [0.15, 0.2) is 30.3 Å². The maximum Gasteiger partial charge on any atom is 0.290 e. The lowest BCUT2D eigenvalue weighted by Gasteiger charge is -2.20. The molecule has 2 N–H and O–H groups in total. The Labute approximate surface area is 139 Å². The van der Waals surface area contributed by atoms with Crippen LogP contribution in [0.5, 0.6) is 17.2 Å². The number of ether oxygens (including phenoxy) is 3. The number of hydrogen-bond acceptors (Lipinski definition) is 6. The summed E-state index contributed by atoms with van der Waals surface area (Å²) >= 11 is 0. The first-order valence-electron chi connectivity index (χ1n) is 7.63. The molecule has 0 fully saturated rings. The fraction of sp³-hybridized carbons (Fsp3) is 0.294. The highest BCUT2D eigenvalue weighted by atomic mass is 16.6. The molecule has 7 nitrogen and oxygen atoms in total.